The van der Waals surface area contributed by atoms with Crippen LogP contribution in [0.15, 0.2) is 24.3 Å². The molecule has 2 heterocycles. The molecule has 1 amide bonds. The van der Waals surface area contributed by atoms with Gasteiger partial charge in [0.25, 0.3) is 0 Å². The third kappa shape index (κ3) is 3.32. The maximum absolute atomic E-state index is 13.0. The van der Waals surface area contributed by atoms with Crippen LogP contribution in [0.1, 0.15) is 12.0 Å². The standard InChI is InChI=1S/C17H23FN2O3S/c1-19(2)17(21)14-7-8-24(22,23)16-11-20(10-15(14)16)9-12-3-5-13(18)6-4-12/h3-6,14-16H,7-11H2,1-2H3/t14-,15+,16+/m0/s1. The number of rotatable bonds is 3. The van der Waals surface area contributed by atoms with Gasteiger partial charge in [-0.25, -0.2) is 12.8 Å². The summed E-state index contributed by atoms with van der Waals surface area (Å²) in [6.45, 7) is 1.61. The number of hydrogen-bond acceptors (Lipinski definition) is 4. The summed E-state index contributed by atoms with van der Waals surface area (Å²) in [5, 5.41) is -0.472. The second-order valence-corrected chi connectivity index (χ2v) is 9.36. The van der Waals surface area contributed by atoms with Crippen LogP contribution in [0.3, 0.4) is 0 Å². The Kier molecular flexibility index (Phi) is 4.66. The summed E-state index contributed by atoms with van der Waals surface area (Å²) in [5.41, 5.74) is 0.947. The molecule has 5 nitrogen and oxygen atoms in total. The molecule has 0 aromatic heterocycles. The summed E-state index contributed by atoms with van der Waals surface area (Å²) in [4.78, 5) is 16.1. The van der Waals surface area contributed by atoms with Crippen molar-refractivity contribution in [1.29, 1.82) is 0 Å². The molecule has 1 aromatic carbocycles. The van der Waals surface area contributed by atoms with Crippen molar-refractivity contribution in [3.8, 4) is 0 Å². The zero-order valence-corrected chi connectivity index (χ0v) is 14.8. The highest BCUT2D eigenvalue weighted by atomic mass is 32.2. The molecule has 2 fully saturated rings. The largest absolute Gasteiger partial charge is 0.349 e. The maximum atomic E-state index is 13.0. The van der Waals surface area contributed by atoms with E-state index in [1.54, 1.807) is 31.1 Å². The van der Waals surface area contributed by atoms with Crippen LogP contribution in [0.4, 0.5) is 4.39 Å². The molecule has 2 aliphatic heterocycles. The number of likely N-dealkylation sites (tertiary alicyclic amines) is 1. The van der Waals surface area contributed by atoms with Crippen LogP contribution in [0.25, 0.3) is 0 Å². The zero-order chi connectivity index (χ0) is 17.5. The predicted octanol–water partition coefficient (Wildman–Crippen LogP) is 1.15. The Morgan fingerprint density at radius 1 is 1.25 bits per heavy atom. The monoisotopic (exact) mass is 354 g/mol. The summed E-state index contributed by atoms with van der Waals surface area (Å²) in [7, 11) is 0.271. The van der Waals surface area contributed by atoms with E-state index in [-0.39, 0.29) is 29.3 Å². The average Bonchev–Trinajstić information content (AvgIpc) is 2.94. The van der Waals surface area contributed by atoms with Crippen LogP contribution >= 0.6 is 0 Å². The molecule has 0 spiro atoms. The lowest BCUT2D eigenvalue weighted by Gasteiger charge is -2.33. The van der Waals surface area contributed by atoms with Gasteiger partial charge in [0, 0.05) is 45.6 Å². The normalized spacial score (nSPS) is 29.2. The SMILES string of the molecule is CN(C)C(=O)[C@H]1CCS(=O)(=O)[C@@H]2CN(Cc3ccc(F)cc3)C[C@H]12. The Balaban J connectivity index is 1.78. The molecule has 0 bridgehead atoms. The van der Waals surface area contributed by atoms with Crippen LogP contribution in [-0.2, 0) is 21.2 Å². The number of hydrogen-bond donors (Lipinski definition) is 0. The Bertz CT molecular complexity index is 718. The van der Waals surface area contributed by atoms with Gasteiger partial charge in [0.2, 0.25) is 5.91 Å². The maximum Gasteiger partial charge on any atom is 0.225 e. The van der Waals surface area contributed by atoms with Gasteiger partial charge in [-0.05, 0) is 24.1 Å². The number of carbonyl (C=O) groups is 1. The van der Waals surface area contributed by atoms with E-state index in [9.17, 15) is 17.6 Å². The second-order valence-electron chi connectivity index (χ2n) is 7.02. The molecular weight excluding hydrogens is 331 g/mol. The van der Waals surface area contributed by atoms with Crippen molar-refractivity contribution in [1.82, 2.24) is 9.80 Å². The van der Waals surface area contributed by atoms with E-state index in [4.69, 9.17) is 0 Å². The van der Waals surface area contributed by atoms with Crippen LogP contribution in [0.5, 0.6) is 0 Å². The summed E-state index contributed by atoms with van der Waals surface area (Å²) < 4.78 is 37.9. The molecule has 2 aliphatic rings. The lowest BCUT2D eigenvalue weighted by molar-refractivity contribution is -0.134. The molecular formula is C17H23FN2O3S. The summed E-state index contributed by atoms with van der Waals surface area (Å²) >= 11 is 0. The fraction of sp³-hybridized carbons (Fsp3) is 0.588. The molecule has 24 heavy (non-hydrogen) atoms. The minimum absolute atomic E-state index is 0.0172. The minimum Gasteiger partial charge on any atom is -0.349 e. The van der Waals surface area contributed by atoms with Gasteiger partial charge in [0.05, 0.1) is 11.0 Å². The quantitative estimate of drug-likeness (QED) is 0.817. The summed E-state index contributed by atoms with van der Waals surface area (Å²) in [5.74, 6) is -0.564. The highest BCUT2D eigenvalue weighted by molar-refractivity contribution is 7.92. The Hall–Kier alpha value is -1.47. The van der Waals surface area contributed by atoms with E-state index in [1.807, 2.05) is 0 Å². The molecule has 0 saturated carbocycles. The van der Waals surface area contributed by atoms with E-state index in [1.165, 1.54) is 12.1 Å². The molecule has 3 rings (SSSR count). The molecule has 0 radical (unpaired) electrons. The predicted molar refractivity (Wildman–Crippen MR) is 89.5 cm³/mol. The summed E-state index contributed by atoms with van der Waals surface area (Å²) in [6.07, 6.45) is 0.408. The van der Waals surface area contributed by atoms with E-state index in [0.717, 1.165) is 5.56 Å². The molecule has 0 aliphatic carbocycles. The fourth-order valence-electron chi connectivity index (χ4n) is 3.92. The molecule has 132 valence electrons. The van der Waals surface area contributed by atoms with Crippen molar-refractivity contribution >= 4 is 15.7 Å². The first-order valence-corrected chi connectivity index (χ1v) is 9.89. The number of amides is 1. The Morgan fingerprint density at radius 3 is 2.54 bits per heavy atom. The van der Waals surface area contributed by atoms with E-state index < -0.39 is 15.1 Å². The van der Waals surface area contributed by atoms with Gasteiger partial charge in [-0.1, -0.05) is 12.1 Å². The second kappa shape index (κ2) is 6.44. The van der Waals surface area contributed by atoms with Gasteiger partial charge in [-0.15, -0.1) is 0 Å². The average molecular weight is 354 g/mol. The lowest BCUT2D eigenvalue weighted by atomic mass is 9.87. The first-order chi connectivity index (χ1) is 11.3. The smallest absolute Gasteiger partial charge is 0.225 e. The van der Waals surface area contributed by atoms with Crippen LogP contribution in [0, 0.1) is 17.7 Å². The van der Waals surface area contributed by atoms with E-state index >= 15 is 0 Å². The highest BCUT2D eigenvalue weighted by Crippen LogP contribution is 2.38. The number of halogens is 1. The molecule has 2 saturated heterocycles. The first-order valence-electron chi connectivity index (χ1n) is 8.17. The van der Waals surface area contributed by atoms with Crippen molar-refractivity contribution in [2.24, 2.45) is 11.8 Å². The number of carbonyl (C=O) groups excluding carboxylic acids is 1. The van der Waals surface area contributed by atoms with Crippen LogP contribution in [0.2, 0.25) is 0 Å². The third-order valence-electron chi connectivity index (χ3n) is 5.15. The molecule has 3 atom stereocenters. The molecule has 7 heteroatoms. The number of fused-ring (bicyclic) bond motifs is 1. The topological polar surface area (TPSA) is 57.7 Å². The van der Waals surface area contributed by atoms with E-state index in [0.29, 0.717) is 26.1 Å². The Morgan fingerprint density at radius 2 is 1.92 bits per heavy atom. The molecule has 1 aromatic rings. The van der Waals surface area contributed by atoms with Gasteiger partial charge < -0.3 is 4.90 Å². The fourth-order valence-corrected chi connectivity index (χ4v) is 6.05. The van der Waals surface area contributed by atoms with E-state index in [2.05, 4.69) is 4.90 Å². The van der Waals surface area contributed by atoms with Gasteiger partial charge in [-0.2, -0.15) is 0 Å². The van der Waals surface area contributed by atoms with Crippen molar-refractivity contribution in [2.75, 3.05) is 32.9 Å². The zero-order valence-electron chi connectivity index (χ0n) is 14.0. The van der Waals surface area contributed by atoms with Gasteiger partial charge in [0.1, 0.15) is 5.82 Å². The summed E-state index contributed by atoms with van der Waals surface area (Å²) in [6, 6.07) is 6.25. The van der Waals surface area contributed by atoms with Crippen molar-refractivity contribution in [3.05, 3.63) is 35.6 Å². The van der Waals surface area contributed by atoms with Crippen molar-refractivity contribution in [3.63, 3.8) is 0 Å². The highest BCUT2D eigenvalue weighted by Gasteiger charge is 2.50. The van der Waals surface area contributed by atoms with Crippen molar-refractivity contribution in [2.45, 2.75) is 18.2 Å². The molecule has 0 N–H and O–H groups in total. The van der Waals surface area contributed by atoms with Crippen LogP contribution in [-0.4, -0.2) is 62.3 Å². The Labute approximate surface area is 142 Å². The van der Waals surface area contributed by atoms with Gasteiger partial charge in [0.15, 0.2) is 9.84 Å². The van der Waals surface area contributed by atoms with Crippen LogP contribution < -0.4 is 0 Å². The number of nitrogens with zero attached hydrogens (tertiary/aromatic N) is 2. The number of sulfone groups is 1. The first kappa shape index (κ1) is 17.4. The minimum atomic E-state index is -3.16. The third-order valence-corrected chi connectivity index (χ3v) is 7.38. The van der Waals surface area contributed by atoms with Crippen molar-refractivity contribution < 1.29 is 17.6 Å². The number of benzene rings is 1. The van der Waals surface area contributed by atoms with Gasteiger partial charge >= 0.3 is 0 Å². The van der Waals surface area contributed by atoms with Gasteiger partial charge in [-0.3, -0.25) is 9.69 Å². The molecule has 0 unspecified atom stereocenters. The lowest BCUT2D eigenvalue weighted by Crippen LogP contribution is -2.46.